The number of halogens is 1. The van der Waals surface area contributed by atoms with Gasteiger partial charge in [0.1, 0.15) is 5.75 Å². The molecule has 0 saturated carbocycles. The van der Waals surface area contributed by atoms with Gasteiger partial charge in [0.15, 0.2) is 0 Å². The summed E-state index contributed by atoms with van der Waals surface area (Å²) in [7, 11) is 0. The predicted molar refractivity (Wildman–Crippen MR) is 72.2 cm³/mol. The average molecular weight is 263 g/mol. The summed E-state index contributed by atoms with van der Waals surface area (Å²) in [5.41, 5.74) is 2.95. The van der Waals surface area contributed by atoms with Gasteiger partial charge in [-0.3, -0.25) is 4.98 Å². The summed E-state index contributed by atoms with van der Waals surface area (Å²) in [6.45, 7) is 3.99. The maximum Gasteiger partial charge on any atom is 0.219 e. The lowest BCUT2D eigenvalue weighted by Crippen LogP contribution is -1.95. The molecule has 94 valence electrons. The third-order valence-electron chi connectivity index (χ3n) is 2.54. The van der Waals surface area contributed by atoms with Gasteiger partial charge < -0.3 is 4.74 Å². The third kappa shape index (κ3) is 3.20. The van der Waals surface area contributed by atoms with Gasteiger partial charge in [0.25, 0.3) is 0 Å². The molecule has 2 heterocycles. The highest BCUT2D eigenvalue weighted by molar-refractivity contribution is 6.17. The summed E-state index contributed by atoms with van der Waals surface area (Å²) >= 11 is 5.86. The van der Waals surface area contributed by atoms with Crippen molar-refractivity contribution in [3.8, 4) is 11.6 Å². The summed E-state index contributed by atoms with van der Waals surface area (Å²) < 4.78 is 5.69. The van der Waals surface area contributed by atoms with Crippen molar-refractivity contribution in [2.24, 2.45) is 0 Å². The molecule has 0 aliphatic rings. The molecule has 0 amide bonds. The molecule has 0 radical (unpaired) electrons. The molecule has 0 spiro atoms. The number of hydrogen-bond acceptors (Lipinski definition) is 3. The molecule has 2 aromatic heterocycles. The Morgan fingerprint density at radius 2 is 2.11 bits per heavy atom. The van der Waals surface area contributed by atoms with E-state index in [2.05, 4.69) is 16.9 Å². The molecule has 3 nitrogen and oxygen atoms in total. The van der Waals surface area contributed by atoms with E-state index in [0.29, 0.717) is 17.5 Å². The molecule has 0 atom stereocenters. The topological polar surface area (TPSA) is 35.0 Å². The van der Waals surface area contributed by atoms with Crippen LogP contribution in [0.2, 0.25) is 0 Å². The SMILES string of the molecule is CCc1cc(CCl)cc(Oc2ccc(C)nc2)n1. The summed E-state index contributed by atoms with van der Waals surface area (Å²) in [6, 6.07) is 7.63. The molecule has 0 aromatic carbocycles. The van der Waals surface area contributed by atoms with Gasteiger partial charge in [-0.25, -0.2) is 4.98 Å². The van der Waals surface area contributed by atoms with Gasteiger partial charge in [-0.2, -0.15) is 0 Å². The lowest BCUT2D eigenvalue weighted by molar-refractivity contribution is 0.458. The van der Waals surface area contributed by atoms with E-state index >= 15 is 0 Å². The molecule has 0 bridgehead atoms. The lowest BCUT2D eigenvalue weighted by Gasteiger charge is -2.08. The molecule has 0 fully saturated rings. The Morgan fingerprint density at radius 1 is 1.28 bits per heavy atom. The first-order valence-electron chi connectivity index (χ1n) is 5.87. The zero-order valence-corrected chi connectivity index (χ0v) is 11.2. The van der Waals surface area contributed by atoms with Gasteiger partial charge >= 0.3 is 0 Å². The number of aromatic nitrogens is 2. The van der Waals surface area contributed by atoms with Crippen LogP contribution in [0, 0.1) is 6.92 Å². The molecule has 2 aromatic rings. The minimum absolute atomic E-state index is 0.456. The Labute approximate surface area is 112 Å². The van der Waals surface area contributed by atoms with Crippen LogP contribution >= 0.6 is 11.6 Å². The quantitative estimate of drug-likeness (QED) is 0.785. The van der Waals surface area contributed by atoms with Crippen molar-refractivity contribution in [3.05, 3.63) is 47.4 Å². The molecule has 0 N–H and O–H groups in total. The number of alkyl halides is 1. The number of rotatable bonds is 4. The van der Waals surface area contributed by atoms with Crippen LogP contribution in [0.4, 0.5) is 0 Å². The van der Waals surface area contributed by atoms with Crippen LogP contribution in [-0.2, 0) is 12.3 Å². The Bertz CT molecular complexity index is 504. The minimum atomic E-state index is 0.456. The Balaban J connectivity index is 2.25. The van der Waals surface area contributed by atoms with Crippen molar-refractivity contribution in [3.63, 3.8) is 0 Å². The molecule has 0 aliphatic heterocycles. The number of hydrogen-bond donors (Lipinski definition) is 0. The number of nitrogens with zero attached hydrogens (tertiary/aromatic N) is 2. The summed E-state index contributed by atoms with van der Waals surface area (Å²) in [5, 5.41) is 0. The minimum Gasteiger partial charge on any atom is -0.437 e. The number of pyridine rings is 2. The van der Waals surface area contributed by atoms with Crippen LogP contribution in [0.3, 0.4) is 0 Å². The van der Waals surface area contributed by atoms with Crippen LogP contribution < -0.4 is 4.74 Å². The second kappa shape index (κ2) is 5.83. The number of aryl methyl sites for hydroxylation is 2. The summed E-state index contributed by atoms with van der Waals surface area (Å²) in [5.74, 6) is 1.70. The summed E-state index contributed by atoms with van der Waals surface area (Å²) in [6.07, 6.45) is 2.54. The highest BCUT2D eigenvalue weighted by Gasteiger charge is 2.04. The van der Waals surface area contributed by atoms with Crippen LogP contribution in [-0.4, -0.2) is 9.97 Å². The molecule has 4 heteroatoms. The second-order valence-corrected chi connectivity index (χ2v) is 4.30. The van der Waals surface area contributed by atoms with Crippen LogP contribution in [0.5, 0.6) is 11.6 Å². The van der Waals surface area contributed by atoms with Gasteiger partial charge in [-0.15, -0.1) is 11.6 Å². The van der Waals surface area contributed by atoms with E-state index in [0.717, 1.165) is 23.4 Å². The van der Waals surface area contributed by atoms with E-state index < -0.39 is 0 Å². The van der Waals surface area contributed by atoms with Crippen molar-refractivity contribution in [2.45, 2.75) is 26.1 Å². The molecule has 0 aliphatic carbocycles. The molecule has 2 rings (SSSR count). The fourth-order valence-corrected chi connectivity index (χ4v) is 1.72. The fourth-order valence-electron chi connectivity index (χ4n) is 1.57. The van der Waals surface area contributed by atoms with Crippen molar-refractivity contribution < 1.29 is 4.74 Å². The Kier molecular flexibility index (Phi) is 4.15. The summed E-state index contributed by atoms with van der Waals surface area (Å²) in [4.78, 5) is 8.59. The molecule has 0 unspecified atom stereocenters. The first kappa shape index (κ1) is 12.8. The maximum atomic E-state index is 5.86. The smallest absolute Gasteiger partial charge is 0.219 e. The standard InChI is InChI=1S/C14H15ClN2O/c1-3-12-6-11(8-15)7-14(17-12)18-13-5-4-10(2)16-9-13/h4-7,9H,3,8H2,1-2H3. The fraction of sp³-hybridized carbons (Fsp3) is 0.286. The Morgan fingerprint density at radius 3 is 2.72 bits per heavy atom. The van der Waals surface area contributed by atoms with E-state index in [1.54, 1.807) is 6.20 Å². The second-order valence-electron chi connectivity index (χ2n) is 4.03. The van der Waals surface area contributed by atoms with Crippen LogP contribution in [0.15, 0.2) is 30.5 Å². The van der Waals surface area contributed by atoms with E-state index in [1.165, 1.54) is 0 Å². The Hall–Kier alpha value is -1.61. The van der Waals surface area contributed by atoms with E-state index in [-0.39, 0.29) is 0 Å². The van der Waals surface area contributed by atoms with Gasteiger partial charge in [0, 0.05) is 23.3 Å². The lowest BCUT2D eigenvalue weighted by atomic mass is 10.2. The van der Waals surface area contributed by atoms with Gasteiger partial charge in [-0.1, -0.05) is 6.92 Å². The van der Waals surface area contributed by atoms with E-state index in [4.69, 9.17) is 16.3 Å². The van der Waals surface area contributed by atoms with Crippen LogP contribution in [0.25, 0.3) is 0 Å². The van der Waals surface area contributed by atoms with E-state index in [9.17, 15) is 0 Å². The first-order valence-corrected chi connectivity index (χ1v) is 6.41. The number of ether oxygens (including phenoxy) is 1. The zero-order chi connectivity index (χ0) is 13.0. The van der Waals surface area contributed by atoms with Crippen molar-refractivity contribution in [2.75, 3.05) is 0 Å². The van der Waals surface area contributed by atoms with Crippen molar-refractivity contribution >= 4 is 11.6 Å². The largest absolute Gasteiger partial charge is 0.437 e. The molecular formula is C14H15ClN2O. The van der Waals surface area contributed by atoms with Crippen molar-refractivity contribution in [1.29, 1.82) is 0 Å². The van der Waals surface area contributed by atoms with Gasteiger partial charge in [0.2, 0.25) is 5.88 Å². The monoisotopic (exact) mass is 262 g/mol. The average Bonchev–Trinajstić information content (AvgIpc) is 2.41. The third-order valence-corrected chi connectivity index (χ3v) is 2.85. The van der Waals surface area contributed by atoms with Crippen molar-refractivity contribution in [1.82, 2.24) is 9.97 Å². The van der Waals surface area contributed by atoms with Crippen LogP contribution in [0.1, 0.15) is 23.9 Å². The predicted octanol–water partition coefficient (Wildman–Crippen LogP) is 3.88. The maximum absolute atomic E-state index is 5.86. The van der Waals surface area contributed by atoms with Gasteiger partial charge in [-0.05, 0) is 37.1 Å². The normalized spacial score (nSPS) is 10.4. The molecule has 18 heavy (non-hydrogen) atoms. The zero-order valence-electron chi connectivity index (χ0n) is 10.5. The highest BCUT2D eigenvalue weighted by Crippen LogP contribution is 2.21. The molecule has 0 saturated heterocycles. The van der Waals surface area contributed by atoms with E-state index in [1.807, 2.05) is 31.2 Å². The first-order chi connectivity index (χ1) is 8.71. The van der Waals surface area contributed by atoms with Gasteiger partial charge in [0.05, 0.1) is 6.20 Å². The molecular weight excluding hydrogens is 248 g/mol. The highest BCUT2D eigenvalue weighted by atomic mass is 35.5.